The van der Waals surface area contributed by atoms with E-state index in [1.807, 2.05) is 0 Å². The number of hydrogen-bond acceptors (Lipinski definition) is 8. The van der Waals surface area contributed by atoms with Crippen LogP contribution in [-0.4, -0.2) is 58.0 Å². The van der Waals surface area contributed by atoms with Gasteiger partial charge in [-0.1, -0.05) is 0 Å². The first-order chi connectivity index (χ1) is 15.2. The molecule has 0 atom stereocenters. The first kappa shape index (κ1) is 22.7. The maximum atomic E-state index is 12.5. The third-order valence-corrected chi connectivity index (χ3v) is 4.71. The molecule has 0 saturated carbocycles. The fourth-order valence-electron chi connectivity index (χ4n) is 2.92. The van der Waals surface area contributed by atoms with Crippen LogP contribution in [0.25, 0.3) is 0 Å². The Balaban J connectivity index is 1.64. The zero-order chi connectivity index (χ0) is 23.3. The normalized spacial score (nSPS) is 13.2. The van der Waals surface area contributed by atoms with Crippen molar-refractivity contribution in [3.63, 3.8) is 0 Å². The van der Waals surface area contributed by atoms with E-state index in [1.54, 1.807) is 29.2 Å². The Morgan fingerprint density at radius 3 is 2.03 bits per heavy atom. The number of morpholine rings is 1. The SMILES string of the molecule is O=C(NC(=S)Nc1ccc(C(=O)N2CCOCC2)cc1)c1cc([N+](=O)[O-])cc([N+](=O)[O-])c1. The summed E-state index contributed by atoms with van der Waals surface area (Å²) in [5.74, 6) is -0.976. The number of nitrogens with zero attached hydrogens (tertiary/aromatic N) is 3. The van der Waals surface area contributed by atoms with Crippen molar-refractivity contribution in [1.29, 1.82) is 0 Å². The summed E-state index contributed by atoms with van der Waals surface area (Å²) in [5.41, 5.74) is -0.510. The van der Waals surface area contributed by atoms with Gasteiger partial charge < -0.3 is 15.0 Å². The van der Waals surface area contributed by atoms with Gasteiger partial charge in [-0.25, -0.2) is 0 Å². The molecule has 1 saturated heterocycles. The topological polar surface area (TPSA) is 157 Å². The van der Waals surface area contributed by atoms with Gasteiger partial charge in [0.15, 0.2) is 5.11 Å². The molecule has 12 nitrogen and oxygen atoms in total. The molecule has 0 unspecified atom stereocenters. The summed E-state index contributed by atoms with van der Waals surface area (Å²) in [5, 5.41) is 26.9. The second-order valence-electron chi connectivity index (χ2n) is 6.64. The molecule has 2 aromatic carbocycles. The van der Waals surface area contributed by atoms with Crippen LogP contribution in [-0.2, 0) is 4.74 Å². The van der Waals surface area contributed by atoms with Crippen LogP contribution in [0, 0.1) is 20.2 Å². The number of non-ortho nitro benzene ring substituents is 2. The third kappa shape index (κ3) is 5.59. The molecule has 0 radical (unpaired) electrons. The summed E-state index contributed by atoms with van der Waals surface area (Å²) in [6.07, 6.45) is 0. The van der Waals surface area contributed by atoms with Crippen LogP contribution in [0.2, 0.25) is 0 Å². The van der Waals surface area contributed by atoms with Gasteiger partial charge in [0.1, 0.15) is 0 Å². The molecule has 0 spiro atoms. The molecule has 1 fully saturated rings. The molecule has 13 heteroatoms. The molecule has 166 valence electrons. The summed E-state index contributed by atoms with van der Waals surface area (Å²) in [6, 6.07) is 9.00. The number of hydrogen-bond donors (Lipinski definition) is 2. The zero-order valence-corrected chi connectivity index (χ0v) is 17.3. The second-order valence-corrected chi connectivity index (χ2v) is 7.05. The van der Waals surface area contributed by atoms with E-state index in [9.17, 15) is 29.8 Å². The number of carbonyl (C=O) groups is 2. The van der Waals surface area contributed by atoms with Crippen molar-refractivity contribution in [2.24, 2.45) is 0 Å². The van der Waals surface area contributed by atoms with Gasteiger partial charge in [-0.3, -0.25) is 35.1 Å². The minimum absolute atomic E-state index is 0.122. The summed E-state index contributed by atoms with van der Waals surface area (Å²) in [4.78, 5) is 46.8. The second kappa shape index (κ2) is 9.89. The maximum Gasteiger partial charge on any atom is 0.277 e. The highest BCUT2D eigenvalue weighted by Crippen LogP contribution is 2.22. The quantitative estimate of drug-likeness (QED) is 0.388. The monoisotopic (exact) mass is 459 g/mol. The molecule has 0 aliphatic carbocycles. The van der Waals surface area contributed by atoms with Crippen LogP contribution in [0.1, 0.15) is 20.7 Å². The Morgan fingerprint density at radius 2 is 1.50 bits per heavy atom. The van der Waals surface area contributed by atoms with Crippen molar-refractivity contribution in [1.82, 2.24) is 10.2 Å². The van der Waals surface area contributed by atoms with Gasteiger partial charge in [0, 0.05) is 36.5 Å². The molecule has 2 aromatic rings. The third-order valence-electron chi connectivity index (χ3n) is 4.50. The molecule has 1 aliphatic rings. The summed E-state index contributed by atoms with van der Waals surface area (Å²) in [7, 11) is 0. The first-order valence-corrected chi connectivity index (χ1v) is 9.68. The lowest BCUT2D eigenvalue weighted by Gasteiger charge is -2.26. The van der Waals surface area contributed by atoms with Crippen LogP contribution >= 0.6 is 12.2 Å². The van der Waals surface area contributed by atoms with E-state index in [2.05, 4.69) is 10.6 Å². The van der Waals surface area contributed by atoms with Crippen LogP contribution in [0.15, 0.2) is 42.5 Å². The molecule has 0 bridgehead atoms. The summed E-state index contributed by atoms with van der Waals surface area (Å²) < 4.78 is 5.23. The molecule has 2 amide bonds. The van der Waals surface area contributed by atoms with E-state index in [-0.39, 0.29) is 16.6 Å². The lowest BCUT2D eigenvalue weighted by atomic mass is 10.1. The fourth-order valence-corrected chi connectivity index (χ4v) is 3.13. The van der Waals surface area contributed by atoms with Gasteiger partial charge in [0.25, 0.3) is 23.2 Å². The average Bonchev–Trinajstić information content (AvgIpc) is 2.79. The van der Waals surface area contributed by atoms with E-state index >= 15 is 0 Å². The van der Waals surface area contributed by atoms with Crippen LogP contribution < -0.4 is 10.6 Å². The van der Waals surface area contributed by atoms with Crippen LogP contribution in [0.5, 0.6) is 0 Å². The van der Waals surface area contributed by atoms with Gasteiger partial charge >= 0.3 is 0 Å². The van der Waals surface area contributed by atoms with Crippen molar-refractivity contribution in [3.05, 3.63) is 73.8 Å². The minimum atomic E-state index is -0.853. The zero-order valence-electron chi connectivity index (χ0n) is 16.5. The molecular weight excluding hydrogens is 442 g/mol. The predicted octanol–water partition coefficient (Wildman–Crippen LogP) is 2.10. The van der Waals surface area contributed by atoms with Gasteiger partial charge in [-0.15, -0.1) is 0 Å². The largest absolute Gasteiger partial charge is 0.378 e. The number of nitro groups is 2. The Labute approximate surface area is 186 Å². The smallest absolute Gasteiger partial charge is 0.277 e. The van der Waals surface area contributed by atoms with E-state index in [0.717, 1.165) is 18.2 Å². The molecule has 32 heavy (non-hydrogen) atoms. The number of carbonyl (C=O) groups excluding carboxylic acids is 2. The maximum absolute atomic E-state index is 12.5. The van der Waals surface area contributed by atoms with Gasteiger partial charge in [-0.2, -0.15) is 0 Å². The lowest BCUT2D eigenvalue weighted by molar-refractivity contribution is -0.394. The van der Waals surface area contributed by atoms with Crippen molar-refractivity contribution < 1.29 is 24.2 Å². The Hall–Kier alpha value is -3.97. The van der Waals surface area contributed by atoms with E-state index in [1.165, 1.54) is 0 Å². The minimum Gasteiger partial charge on any atom is -0.378 e. The number of anilines is 1. The fraction of sp³-hybridized carbons (Fsp3) is 0.211. The highest BCUT2D eigenvalue weighted by molar-refractivity contribution is 7.80. The first-order valence-electron chi connectivity index (χ1n) is 9.28. The van der Waals surface area contributed by atoms with Crippen molar-refractivity contribution in [3.8, 4) is 0 Å². The van der Waals surface area contributed by atoms with Crippen molar-refractivity contribution in [2.45, 2.75) is 0 Å². The van der Waals surface area contributed by atoms with E-state index in [0.29, 0.717) is 37.6 Å². The van der Waals surface area contributed by atoms with E-state index < -0.39 is 27.1 Å². The molecule has 3 rings (SSSR count). The number of benzene rings is 2. The number of nitro benzene ring substituents is 2. The summed E-state index contributed by atoms with van der Waals surface area (Å²) in [6.45, 7) is 2.02. The van der Waals surface area contributed by atoms with Crippen molar-refractivity contribution in [2.75, 3.05) is 31.6 Å². The Morgan fingerprint density at radius 1 is 0.938 bits per heavy atom. The highest BCUT2D eigenvalue weighted by Gasteiger charge is 2.21. The molecule has 0 aromatic heterocycles. The summed E-state index contributed by atoms with van der Waals surface area (Å²) >= 11 is 5.07. The number of thiocarbonyl (C=S) groups is 1. The standard InChI is InChI=1S/C19H17N5O7S/c25-17(13-9-15(23(27)28)11-16(10-13)24(29)30)21-19(32)20-14-3-1-12(2-4-14)18(26)22-5-7-31-8-6-22/h1-4,9-11H,5-8H2,(H2,20,21,25,32). The number of ether oxygens (including phenoxy) is 1. The molecule has 2 N–H and O–H groups in total. The Bertz CT molecular complexity index is 1050. The highest BCUT2D eigenvalue weighted by atomic mass is 32.1. The van der Waals surface area contributed by atoms with Gasteiger partial charge in [0.05, 0.1) is 34.7 Å². The average molecular weight is 459 g/mol. The van der Waals surface area contributed by atoms with Gasteiger partial charge in [0.2, 0.25) is 0 Å². The van der Waals surface area contributed by atoms with Crippen LogP contribution in [0.3, 0.4) is 0 Å². The number of nitrogens with one attached hydrogen (secondary N) is 2. The lowest BCUT2D eigenvalue weighted by Crippen LogP contribution is -2.40. The molecular formula is C19H17N5O7S. The van der Waals surface area contributed by atoms with Crippen molar-refractivity contribution >= 4 is 46.2 Å². The molecule has 1 heterocycles. The Kier molecular flexibility index (Phi) is 7.02. The number of rotatable bonds is 5. The number of amides is 2. The van der Waals surface area contributed by atoms with E-state index in [4.69, 9.17) is 17.0 Å². The van der Waals surface area contributed by atoms with Crippen LogP contribution in [0.4, 0.5) is 17.1 Å². The molecule has 1 aliphatic heterocycles. The predicted molar refractivity (Wildman–Crippen MR) is 117 cm³/mol. The van der Waals surface area contributed by atoms with Gasteiger partial charge in [-0.05, 0) is 36.5 Å².